The number of nitriles is 2. The van der Waals surface area contributed by atoms with Crippen LogP contribution in [0.5, 0.6) is 0 Å². The van der Waals surface area contributed by atoms with Crippen molar-refractivity contribution < 1.29 is 0 Å². The van der Waals surface area contributed by atoms with Crippen LogP contribution in [0.25, 0.3) is 32.7 Å². The van der Waals surface area contributed by atoms with Gasteiger partial charge < -0.3 is 0 Å². The summed E-state index contributed by atoms with van der Waals surface area (Å²) in [5.74, 6) is 0. The minimum absolute atomic E-state index is 0.522. The van der Waals surface area contributed by atoms with E-state index in [4.69, 9.17) is 0 Å². The van der Waals surface area contributed by atoms with Crippen molar-refractivity contribution in [3.05, 3.63) is 71.8 Å². The van der Waals surface area contributed by atoms with Gasteiger partial charge in [0.25, 0.3) is 0 Å². The molecule has 0 radical (unpaired) electrons. The molecule has 0 saturated heterocycles. The molecule has 2 atom stereocenters. The summed E-state index contributed by atoms with van der Waals surface area (Å²) in [6.07, 6.45) is 0. The molecule has 122 valence electrons. The first-order valence-electron chi connectivity index (χ1n) is 8.09. The lowest BCUT2D eigenvalue weighted by atomic mass is 9.90. The third-order valence-electron chi connectivity index (χ3n) is 4.70. The minimum atomic E-state index is 0.522. The highest BCUT2D eigenvalue weighted by molar-refractivity contribution is 7.36. The molecule has 0 fully saturated rings. The zero-order valence-corrected chi connectivity index (χ0v) is 16.1. The van der Waals surface area contributed by atoms with Gasteiger partial charge in [0.1, 0.15) is 6.07 Å². The molecule has 26 heavy (non-hydrogen) atoms. The summed E-state index contributed by atoms with van der Waals surface area (Å²) in [4.78, 5) is 0. The second-order valence-corrected chi connectivity index (χ2v) is 7.21. The van der Waals surface area contributed by atoms with Gasteiger partial charge in [0.15, 0.2) is 0 Å². The Balaban J connectivity index is 2.27. The lowest BCUT2D eigenvalue weighted by molar-refractivity contribution is 1.49. The van der Waals surface area contributed by atoms with Crippen molar-refractivity contribution in [2.75, 3.05) is 0 Å². The first kappa shape index (κ1) is 16.7. The van der Waals surface area contributed by atoms with E-state index in [1.165, 1.54) is 0 Å². The zero-order chi connectivity index (χ0) is 18.3. The first-order valence-corrected chi connectivity index (χ1v) is 9.24. The Morgan fingerprint density at radius 3 is 2.15 bits per heavy atom. The van der Waals surface area contributed by atoms with Crippen LogP contribution in [0.15, 0.2) is 60.7 Å². The minimum Gasteiger partial charge on any atom is -0.192 e. The van der Waals surface area contributed by atoms with Crippen LogP contribution in [-0.2, 0) is 0 Å². The summed E-state index contributed by atoms with van der Waals surface area (Å²) in [5.41, 5.74) is 3.20. The molecule has 0 aliphatic rings. The van der Waals surface area contributed by atoms with Crippen LogP contribution < -0.4 is 10.6 Å². The molecule has 4 rings (SSSR count). The van der Waals surface area contributed by atoms with Crippen molar-refractivity contribution in [1.82, 2.24) is 0 Å². The van der Waals surface area contributed by atoms with E-state index in [0.717, 1.165) is 43.3 Å². The van der Waals surface area contributed by atoms with Crippen LogP contribution in [0.4, 0.5) is 0 Å². The molecule has 0 N–H and O–H groups in total. The van der Waals surface area contributed by atoms with E-state index in [1.54, 1.807) is 6.07 Å². The number of fused-ring (bicyclic) bond motifs is 2. The van der Waals surface area contributed by atoms with Crippen molar-refractivity contribution >= 4 is 50.6 Å². The quantitative estimate of drug-likeness (QED) is 0.468. The summed E-state index contributed by atoms with van der Waals surface area (Å²) < 4.78 is 0. The largest absolute Gasteiger partial charge is 0.192 e. The molecule has 0 aliphatic carbocycles. The van der Waals surface area contributed by atoms with Crippen LogP contribution >= 0.6 is 18.5 Å². The SMILES string of the molecule is N#Cc1cccc2c(-c3cccc4ccccc34)c(P)c(P)c(C#N)c12. The highest BCUT2D eigenvalue weighted by atomic mass is 31.0. The van der Waals surface area contributed by atoms with E-state index in [-0.39, 0.29) is 0 Å². The number of hydrogen-bond acceptors (Lipinski definition) is 2. The standard InChI is InChI=1S/C22H14N2P2/c23-11-14-7-4-10-17-19(14)18(12-24)21(25)22(26)20(17)16-9-3-6-13-5-1-2-8-15(13)16/h1-10H,25-26H2. The Labute approximate surface area is 156 Å². The van der Waals surface area contributed by atoms with Gasteiger partial charge in [-0.25, -0.2) is 0 Å². The van der Waals surface area contributed by atoms with Gasteiger partial charge in [-0.05, 0) is 44.0 Å². The number of nitrogens with zero attached hydrogens (tertiary/aromatic N) is 2. The average Bonchev–Trinajstić information content (AvgIpc) is 2.68. The number of rotatable bonds is 1. The maximum absolute atomic E-state index is 9.71. The maximum atomic E-state index is 9.71. The Hall–Kier alpha value is -2.76. The molecule has 0 heterocycles. The zero-order valence-electron chi connectivity index (χ0n) is 13.8. The molecule has 4 aromatic carbocycles. The third kappa shape index (κ3) is 2.40. The van der Waals surface area contributed by atoms with E-state index in [2.05, 4.69) is 54.9 Å². The number of benzene rings is 4. The summed E-state index contributed by atoms with van der Waals surface area (Å²) in [7, 11) is 5.46. The summed E-state index contributed by atoms with van der Waals surface area (Å²) in [5, 5.41) is 25.0. The first-order chi connectivity index (χ1) is 12.7. The molecule has 4 heteroatoms. The van der Waals surface area contributed by atoms with Gasteiger partial charge in [0.05, 0.1) is 17.2 Å². The monoisotopic (exact) mass is 368 g/mol. The van der Waals surface area contributed by atoms with Crippen molar-refractivity contribution in [3.63, 3.8) is 0 Å². The molecule has 0 bridgehead atoms. The van der Waals surface area contributed by atoms with Crippen molar-refractivity contribution in [3.8, 4) is 23.3 Å². The van der Waals surface area contributed by atoms with Crippen LogP contribution in [0.3, 0.4) is 0 Å². The highest BCUT2D eigenvalue weighted by Gasteiger charge is 2.19. The van der Waals surface area contributed by atoms with E-state index >= 15 is 0 Å². The molecule has 0 spiro atoms. The van der Waals surface area contributed by atoms with Gasteiger partial charge >= 0.3 is 0 Å². The maximum Gasteiger partial charge on any atom is 0.100 e. The van der Waals surface area contributed by atoms with Gasteiger partial charge in [0.2, 0.25) is 0 Å². The lowest BCUT2D eigenvalue weighted by Gasteiger charge is -2.17. The summed E-state index contributed by atoms with van der Waals surface area (Å²) >= 11 is 0. The summed E-state index contributed by atoms with van der Waals surface area (Å²) in [6.45, 7) is 0. The van der Waals surface area contributed by atoms with Gasteiger partial charge in [0, 0.05) is 5.39 Å². The van der Waals surface area contributed by atoms with Crippen LogP contribution in [-0.4, -0.2) is 0 Å². The normalized spacial score (nSPS) is 10.6. The number of hydrogen-bond donors (Lipinski definition) is 0. The Bertz CT molecular complexity index is 1270. The molecule has 2 unspecified atom stereocenters. The van der Waals surface area contributed by atoms with Crippen LogP contribution in [0, 0.1) is 22.7 Å². The van der Waals surface area contributed by atoms with Crippen molar-refractivity contribution in [2.24, 2.45) is 0 Å². The van der Waals surface area contributed by atoms with Gasteiger partial charge in [-0.1, -0.05) is 54.6 Å². The van der Waals surface area contributed by atoms with E-state index < -0.39 is 0 Å². The van der Waals surface area contributed by atoms with Gasteiger partial charge in [-0.3, -0.25) is 0 Å². The predicted molar refractivity (Wildman–Crippen MR) is 115 cm³/mol. The predicted octanol–water partition coefficient (Wildman–Crippen LogP) is 4.40. The average molecular weight is 368 g/mol. The summed E-state index contributed by atoms with van der Waals surface area (Å²) in [6, 6.07) is 24.7. The van der Waals surface area contributed by atoms with Gasteiger partial charge in [-0.2, -0.15) is 10.5 Å². The highest BCUT2D eigenvalue weighted by Crippen LogP contribution is 2.36. The van der Waals surface area contributed by atoms with E-state index in [1.807, 2.05) is 30.3 Å². The molecular weight excluding hydrogens is 354 g/mol. The fourth-order valence-electron chi connectivity index (χ4n) is 3.52. The van der Waals surface area contributed by atoms with E-state index in [0.29, 0.717) is 11.1 Å². The second kappa shape index (κ2) is 6.52. The molecule has 4 aromatic rings. The molecule has 0 amide bonds. The Kier molecular flexibility index (Phi) is 4.18. The molecule has 0 saturated carbocycles. The van der Waals surface area contributed by atoms with Crippen LogP contribution in [0.1, 0.15) is 11.1 Å². The second-order valence-electron chi connectivity index (χ2n) is 6.06. The third-order valence-corrected chi connectivity index (χ3v) is 6.24. The molecule has 2 nitrogen and oxygen atoms in total. The topological polar surface area (TPSA) is 47.6 Å². The van der Waals surface area contributed by atoms with E-state index in [9.17, 15) is 10.5 Å². The molecule has 0 aromatic heterocycles. The Morgan fingerprint density at radius 2 is 1.38 bits per heavy atom. The fraction of sp³-hybridized carbons (Fsp3) is 0. The van der Waals surface area contributed by atoms with Gasteiger partial charge in [-0.15, -0.1) is 18.5 Å². The molecule has 0 aliphatic heterocycles. The van der Waals surface area contributed by atoms with Crippen LogP contribution in [0.2, 0.25) is 0 Å². The Morgan fingerprint density at radius 1 is 0.692 bits per heavy atom. The smallest absolute Gasteiger partial charge is 0.100 e. The van der Waals surface area contributed by atoms with Crippen molar-refractivity contribution in [1.29, 1.82) is 10.5 Å². The lowest BCUT2D eigenvalue weighted by Crippen LogP contribution is -2.19. The fourth-order valence-corrected chi connectivity index (χ4v) is 4.33. The van der Waals surface area contributed by atoms with Crippen molar-refractivity contribution in [2.45, 2.75) is 0 Å². The molecular formula is C22H14N2P2.